The molecular weight excluding hydrogens is 376 g/mol. The van der Waals surface area contributed by atoms with Gasteiger partial charge in [-0.25, -0.2) is 4.68 Å². The third kappa shape index (κ3) is 3.67. The summed E-state index contributed by atoms with van der Waals surface area (Å²) >= 11 is 0. The van der Waals surface area contributed by atoms with Crippen LogP contribution in [-0.4, -0.2) is 38.3 Å². The van der Waals surface area contributed by atoms with Crippen molar-refractivity contribution in [3.05, 3.63) is 51.1 Å². The van der Waals surface area contributed by atoms with Gasteiger partial charge in [0.05, 0.1) is 24.2 Å². The number of benzene rings is 1. The maximum atomic E-state index is 13.3. The van der Waals surface area contributed by atoms with Gasteiger partial charge in [0.2, 0.25) is 5.82 Å². The molecule has 0 saturated carbocycles. The average Bonchev–Trinajstić information content (AvgIpc) is 3.20. The highest BCUT2D eigenvalue weighted by atomic mass is 16.1. The van der Waals surface area contributed by atoms with Crippen molar-refractivity contribution in [1.82, 2.24) is 25.2 Å². The molecule has 0 bridgehead atoms. The average molecular weight is 410 g/mol. The maximum absolute atomic E-state index is 13.3. The standard InChI is InChI=1S/C23H32N6O/c1-6-23(4,5)29-21(25-26-27-29)20(28-10-8-7-9-11-28)18-14-17-16(3)12-15(2)13-19(17)24-22(18)30/h12-14,20H,6-11H2,1-5H3,(H,24,30)/p+1/t20-/m0/s1. The lowest BCUT2D eigenvalue weighted by atomic mass is 9.96. The summed E-state index contributed by atoms with van der Waals surface area (Å²) in [6, 6.07) is 6.10. The van der Waals surface area contributed by atoms with Crippen LogP contribution >= 0.6 is 0 Å². The molecule has 160 valence electrons. The first-order valence-corrected chi connectivity index (χ1v) is 11.1. The molecule has 30 heavy (non-hydrogen) atoms. The number of aryl methyl sites for hydroxylation is 2. The molecule has 1 aromatic carbocycles. The summed E-state index contributed by atoms with van der Waals surface area (Å²) in [5, 5.41) is 13.9. The Morgan fingerprint density at radius 1 is 1.17 bits per heavy atom. The van der Waals surface area contributed by atoms with Crippen LogP contribution in [0.3, 0.4) is 0 Å². The maximum Gasteiger partial charge on any atom is 0.258 e. The molecule has 0 radical (unpaired) electrons. The van der Waals surface area contributed by atoms with Gasteiger partial charge in [0, 0.05) is 10.9 Å². The van der Waals surface area contributed by atoms with Gasteiger partial charge in [-0.3, -0.25) is 4.79 Å². The molecule has 7 heteroatoms. The van der Waals surface area contributed by atoms with Crippen LogP contribution in [0.5, 0.6) is 0 Å². The van der Waals surface area contributed by atoms with E-state index in [9.17, 15) is 4.79 Å². The second kappa shape index (κ2) is 7.95. The van der Waals surface area contributed by atoms with Crippen molar-refractivity contribution in [1.29, 1.82) is 0 Å². The molecule has 7 nitrogen and oxygen atoms in total. The van der Waals surface area contributed by atoms with Gasteiger partial charge in [-0.1, -0.05) is 13.0 Å². The molecule has 0 unspecified atom stereocenters. The Bertz CT molecular complexity index is 1110. The second-order valence-electron chi connectivity index (χ2n) is 9.36. The topological polar surface area (TPSA) is 80.9 Å². The molecule has 1 atom stereocenters. The van der Waals surface area contributed by atoms with Crippen molar-refractivity contribution in [2.75, 3.05) is 13.1 Å². The summed E-state index contributed by atoms with van der Waals surface area (Å²) < 4.78 is 1.94. The van der Waals surface area contributed by atoms with Crippen LogP contribution in [0.2, 0.25) is 0 Å². The Hall–Kier alpha value is -2.54. The van der Waals surface area contributed by atoms with E-state index in [1.165, 1.54) is 16.9 Å². The van der Waals surface area contributed by atoms with E-state index >= 15 is 0 Å². The quantitative estimate of drug-likeness (QED) is 0.678. The zero-order valence-corrected chi connectivity index (χ0v) is 18.7. The number of nitrogens with zero attached hydrogens (tertiary/aromatic N) is 4. The van der Waals surface area contributed by atoms with Crippen LogP contribution in [-0.2, 0) is 5.54 Å². The summed E-state index contributed by atoms with van der Waals surface area (Å²) in [5.74, 6) is 0.786. The van der Waals surface area contributed by atoms with Crippen molar-refractivity contribution in [3.8, 4) is 0 Å². The third-order valence-electron chi connectivity index (χ3n) is 6.75. The Morgan fingerprint density at radius 2 is 1.90 bits per heavy atom. The SMILES string of the molecule is CCC(C)(C)n1nnnc1[C@H](c1cc2c(C)cc(C)cc2[nH]c1=O)[NH+]1CCCCC1. The highest BCUT2D eigenvalue weighted by Gasteiger charge is 2.37. The smallest absolute Gasteiger partial charge is 0.258 e. The van der Waals surface area contributed by atoms with E-state index in [0.29, 0.717) is 0 Å². The lowest BCUT2D eigenvalue weighted by molar-refractivity contribution is -0.931. The molecule has 2 aromatic heterocycles. The number of nitrogens with one attached hydrogen (secondary N) is 2. The van der Waals surface area contributed by atoms with Crippen LogP contribution in [0.15, 0.2) is 23.0 Å². The minimum atomic E-state index is -0.219. The molecule has 1 saturated heterocycles. The third-order valence-corrected chi connectivity index (χ3v) is 6.75. The summed E-state index contributed by atoms with van der Waals surface area (Å²) in [6.07, 6.45) is 4.47. The summed E-state index contributed by atoms with van der Waals surface area (Å²) in [6.45, 7) is 12.6. The first kappa shape index (κ1) is 20.7. The van der Waals surface area contributed by atoms with Gasteiger partial charge >= 0.3 is 0 Å². The van der Waals surface area contributed by atoms with Crippen LogP contribution < -0.4 is 10.5 Å². The van der Waals surface area contributed by atoms with Crippen LogP contribution in [0.25, 0.3) is 10.9 Å². The number of quaternary nitrogens is 1. The van der Waals surface area contributed by atoms with E-state index in [-0.39, 0.29) is 17.1 Å². The van der Waals surface area contributed by atoms with Crippen molar-refractivity contribution in [3.63, 3.8) is 0 Å². The number of tetrazole rings is 1. The number of pyridine rings is 1. The molecule has 1 aliphatic rings. The Morgan fingerprint density at radius 3 is 2.60 bits per heavy atom. The highest BCUT2D eigenvalue weighted by molar-refractivity contribution is 5.83. The van der Waals surface area contributed by atoms with Gasteiger partial charge in [0.25, 0.3) is 5.56 Å². The van der Waals surface area contributed by atoms with Gasteiger partial charge in [-0.15, -0.1) is 5.10 Å². The fourth-order valence-corrected chi connectivity index (χ4v) is 4.69. The van der Waals surface area contributed by atoms with E-state index in [1.807, 2.05) is 10.7 Å². The van der Waals surface area contributed by atoms with Crippen LogP contribution in [0, 0.1) is 13.8 Å². The Labute approximate surface area is 177 Å². The second-order valence-corrected chi connectivity index (χ2v) is 9.36. The number of aromatic nitrogens is 5. The molecule has 0 amide bonds. The Balaban J connectivity index is 1.93. The van der Waals surface area contributed by atoms with Crippen molar-refractivity contribution in [2.24, 2.45) is 0 Å². The van der Waals surface area contributed by atoms with E-state index in [1.54, 1.807) is 0 Å². The van der Waals surface area contributed by atoms with Gasteiger partial charge in [-0.2, -0.15) is 0 Å². The summed E-state index contributed by atoms with van der Waals surface area (Å²) in [7, 11) is 0. The molecule has 4 rings (SSSR count). The van der Waals surface area contributed by atoms with Gasteiger partial charge in [0.15, 0.2) is 6.04 Å². The highest BCUT2D eigenvalue weighted by Crippen LogP contribution is 2.26. The number of hydrogen-bond donors (Lipinski definition) is 2. The van der Waals surface area contributed by atoms with E-state index in [2.05, 4.69) is 67.3 Å². The normalized spacial score (nSPS) is 16.8. The number of piperidine rings is 1. The molecule has 3 heterocycles. The monoisotopic (exact) mass is 409 g/mol. The van der Waals surface area contributed by atoms with Crippen LogP contribution in [0.1, 0.15) is 75.0 Å². The van der Waals surface area contributed by atoms with E-state index in [4.69, 9.17) is 0 Å². The predicted octanol–water partition coefficient (Wildman–Crippen LogP) is 2.43. The molecule has 2 N–H and O–H groups in total. The molecular formula is C23H33N6O+. The summed E-state index contributed by atoms with van der Waals surface area (Å²) in [4.78, 5) is 17.8. The first-order chi connectivity index (χ1) is 14.3. The van der Waals surface area contributed by atoms with Crippen molar-refractivity contribution >= 4 is 10.9 Å². The molecule has 0 spiro atoms. The zero-order chi connectivity index (χ0) is 21.5. The fourth-order valence-electron chi connectivity index (χ4n) is 4.69. The largest absolute Gasteiger partial charge is 0.322 e. The summed E-state index contributed by atoms with van der Waals surface area (Å²) in [5.41, 5.74) is 3.71. The number of fused-ring (bicyclic) bond motifs is 1. The molecule has 3 aromatic rings. The number of hydrogen-bond acceptors (Lipinski definition) is 4. The van der Waals surface area contributed by atoms with E-state index < -0.39 is 0 Å². The molecule has 1 fully saturated rings. The number of rotatable bonds is 5. The number of H-pyrrole nitrogens is 1. The number of likely N-dealkylation sites (tertiary alicyclic amines) is 1. The van der Waals surface area contributed by atoms with Crippen LogP contribution in [0.4, 0.5) is 0 Å². The minimum Gasteiger partial charge on any atom is -0.322 e. The zero-order valence-electron chi connectivity index (χ0n) is 18.7. The van der Waals surface area contributed by atoms with Gasteiger partial charge < -0.3 is 9.88 Å². The van der Waals surface area contributed by atoms with Gasteiger partial charge in [0.1, 0.15) is 0 Å². The molecule has 0 aliphatic carbocycles. The van der Waals surface area contributed by atoms with Crippen molar-refractivity contribution in [2.45, 2.75) is 71.9 Å². The lowest BCUT2D eigenvalue weighted by Crippen LogP contribution is -3.13. The number of aromatic amines is 1. The van der Waals surface area contributed by atoms with Crippen molar-refractivity contribution < 1.29 is 4.90 Å². The predicted molar refractivity (Wildman–Crippen MR) is 118 cm³/mol. The van der Waals surface area contributed by atoms with E-state index in [0.717, 1.165) is 60.2 Å². The van der Waals surface area contributed by atoms with Gasteiger partial charge in [-0.05, 0) is 87.1 Å². The lowest BCUT2D eigenvalue weighted by Gasteiger charge is -2.33. The fraction of sp³-hybridized carbons (Fsp3) is 0.565. The minimum absolute atomic E-state index is 0.0422. The molecule has 1 aliphatic heterocycles. The first-order valence-electron chi connectivity index (χ1n) is 11.1. The Kier molecular flexibility index (Phi) is 5.49.